The Bertz CT molecular complexity index is 486. The molecule has 0 aliphatic heterocycles. The van der Waals surface area contributed by atoms with Gasteiger partial charge < -0.3 is 4.74 Å². The number of nitriles is 1. The van der Waals surface area contributed by atoms with Gasteiger partial charge in [-0.2, -0.15) is 5.26 Å². The van der Waals surface area contributed by atoms with Gasteiger partial charge in [-0.25, -0.2) is 4.79 Å². The summed E-state index contributed by atoms with van der Waals surface area (Å²) < 4.78 is 4.73. The van der Waals surface area contributed by atoms with E-state index >= 15 is 0 Å². The van der Waals surface area contributed by atoms with Crippen molar-refractivity contribution in [1.82, 2.24) is 0 Å². The third-order valence-electron chi connectivity index (χ3n) is 1.91. The monoisotopic (exact) mass is 269 g/mol. The highest BCUT2D eigenvalue weighted by atomic mass is 35.5. The minimum Gasteiger partial charge on any atom is -0.462 e. The third kappa shape index (κ3) is 3.48. The summed E-state index contributed by atoms with van der Waals surface area (Å²) in [6, 6.07) is 8.24. The second-order valence-electron chi connectivity index (χ2n) is 3.03. The van der Waals surface area contributed by atoms with Crippen LogP contribution < -0.4 is 0 Å². The molecule has 5 heteroatoms. The van der Waals surface area contributed by atoms with Gasteiger partial charge in [0, 0.05) is 5.02 Å². The summed E-state index contributed by atoms with van der Waals surface area (Å²) in [5.74, 6) is -0.727. The number of carbonyl (C=O) groups is 1. The van der Waals surface area contributed by atoms with E-state index < -0.39 is 5.97 Å². The Hall–Kier alpha value is -1.50. The maximum atomic E-state index is 11.4. The summed E-state index contributed by atoms with van der Waals surface area (Å²) in [6.45, 7) is 1.85. The molecule has 0 N–H and O–H groups in total. The number of rotatable bonds is 3. The summed E-state index contributed by atoms with van der Waals surface area (Å²) in [6.07, 6.45) is 0. The van der Waals surface area contributed by atoms with Gasteiger partial charge in [0.15, 0.2) is 5.57 Å². The summed E-state index contributed by atoms with van der Waals surface area (Å²) in [5, 5.41) is 9.50. The molecule has 88 valence electrons. The molecule has 0 unspecified atom stereocenters. The standard InChI is InChI=1S/C12H9Cl2NO2/c1-2-17-12(16)10(7-15)11(14)8-3-5-9(13)6-4-8/h3-6H,2H2,1H3. The van der Waals surface area contributed by atoms with Crippen LogP contribution in [0.15, 0.2) is 29.8 Å². The molecule has 0 heterocycles. The first-order valence-electron chi connectivity index (χ1n) is 4.83. The fourth-order valence-electron chi connectivity index (χ4n) is 1.13. The van der Waals surface area contributed by atoms with E-state index in [0.717, 1.165) is 0 Å². The van der Waals surface area contributed by atoms with E-state index in [2.05, 4.69) is 0 Å². The van der Waals surface area contributed by atoms with Crippen LogP contribution >= 0.6 is 23.2 Å². The van der Waals surface area contributed by atoms with Crippen molar-refractivity contribution in [1.29, 1.82) is 5.26 Å². The number of esters is 1. The number of nitrogens with zero attached hydrogens (tertiary/aromatic N) is 1. The number of hydrogen-bond donors (Lipinski definition) is 0. The average Bonchev–Trinajstić information content (AvgIpc) is 2.31. The van der Waals surface area contributed by atoms with E-state index in [9.17, 15) is 4.79 Å². The van der Waals surface area contributed by atoms with Crippen LogP contribution in [0.1, 0.15) is 12.5 Å². The van der Waals surface area contributed by atoms with Crippen LogP contribution in [0.4, 0.5) is 0 Å². The molecule has 0 fully saturated rings. The molecule has 1 aromatic rings. The first kappa shape index (κ1) is 13.6. The van der Waals surface area contributed by atoms with E-state index in [1.807, 2.05) is 0 Å². The topological polar surface area (TPSA) is 50.1 Å². The van der Waals surface area contributed by atoms with Crippen LogP contribution in [-0.2, 0) is 9.53 Å². The van der Waals surface area contributed by atoms with Crippen molar-refractivity contribution in [2.24, 2.45) is 0 Å². The quantitative estimate of drug-likeness (QED) is 0.480. The molecule has 0 aromatic heterocycles. The first-order valence-corrected chi connectivity index (χ1v) is 5.58. The van der Waals surface area contributed by atoms with Crippen molar-refractivity contribution in [3.8, 4) is 6.07 Å². The van der Waals surface area contributed by atoms with Crippen molar-refractivity contribution in [3.05, 3.63) is 40.4 Å². The zero-order chi connectivity index (χ0) is 12.8. The Morgan fingerprint density at radius 3 is 2.47 bits per heavy atom. The molecule has 0 bridgehead atoms. The van der Waals surface area contributed by atoms with Gasteiger partial charge in [-0.3, -0.25) is 0 Å². The lowest BCUT2D eigenvalue weighted by atomic mass is 10.1. The number of halogens is 2. The van der Waals surface area contributed by atoms with Crippen LogP contribution in [0.3, 0.4) is 0 Å². The molecule has 0 spiro atoms. The maximum Gasteiger partial charge on any atom is 0.350 e. The lowest BCUT2D eigenvalue weighted by Crippen LogP contribution is -2.07. The van der Waals surface area contributed by atoms with Gasteiger partial charge in [0.05, 0.1) is 11.6 Å². The molecule has 0 amide bonds. The molecular formula is C12H9Cl2NO2. The van der Waals surface area contributed by atoms with Gasteiger partial charge >= 0.3 is 5.97 Å². The highest BCUT2D eigenvalue weighted by Gasteiger charge is 2.16. The highest BCUT2D eigenvalue weighted by Crippen LogP contribution is 2.25. The van der Waals surface area contributed by atoms with E-state index in [4.69, 9.17) is 33.2 Å². The Kier molecular flexibility index (Phi) is 5.02. The van der Waals surface area contributed by atoms with E-state index in [-0.39, 0.29) is 17.2 Å². The van der Waals surface area contributed by atoms with Crippen LogP contribution in [0.5, 0.6) is 0 Å². The molecule has 0 aliphatic rings. The van der Waals surface area contributed by atoms with Gasteiger partial charge in [-0.15, -0.1) is 0 Å². The Balaban J connectivity index is 3.13. The zero-order valence-electron chi connectivity index (χ0n) is 9.04. The fraction of sp³-hybridized carbons (Fsp3) is 0.167. The zero-order valence-corrected chi connectivity index (χ0v) is 10.5. The van der Waals surface area contributed by atoms with E-state index in [0.29, 0.717) is 10.6 Å². The third-order valence-corrected chi connectivity index (χ3v) is 2.57. The summed E-state index contributed by atoms with van der Waals surface area (Å²) in [4.78, 5) is 11.4. The summed E-state index contributed by atoms with van der Waals surface area (Å²) in [5.41, 5.74) is 0.330. The van der Waals surface area contributed by atoms with E-state index in [1.165, 1.54) is 0 Å². The van der Waals surface area contributed by atoms with Crippen molar-refractivity contribution >= 4 is 34.2 Å². The normalized spacial score (nSPS) is 11.4. The van der Waals surface area contributed by atoms with Crippen LogP contribution in [-0.4, -0.2) is 12.6 Å². The van der Waals surface area contributed by atoms with Gasteiger partial charge in [0.25, 0.3) is 0 Å². The Morgan fingerprint density at radius 2 is 2.00 bits per heavy atom. The van der Waals surface area contributed by atoms with Crippen LogP contribution in [0, 0.1) is 11.3 Å². The molecule has 1 rings (SSSR count). The number of hydrogen-bond acceptors (Lipinski definition) is 3. The van der Waals surface area contributed by atoms with Gasteiger partial charge in [-0.1, -0.05) is 35.3 Å². The molecular weight excluding hydrogens is 261 g/mol. The number of benzene rings is 1. The summed E-state index contributed by atoms with van der Waals surface area (Å²) in [7, 11) is 0. The maximum absolute atomic E-state index is 11.4. The molecule has 0 saturated carbocycles. The Morgan fingerprint density at radius 1 is 1.41 bits per heavy atom. The van der Waals surface area contributed by atoms with Crippen LogP contribution in [0.25, 0.3) is 5.03 Å². The van der Waals surface area contributed by atoms with Crippen molar-refractivity contribution in [3.63, 3.8) is 0 Å². The summed E-state index contributed by atoms with van der Waals surface area (Å²) >= 11 is 11.7. The molecule has 17 heavy (non-hydrogen) atoms. The largest absolute Gasteiger partial charge is 0.462 e. The molecule has 1 aromatic carbocycles. The first-order chi connectivity index (χ1) is 8.10. The molecule has 0 radical (unpaired) electrons. The van der Waals surface area contributed by atoms with Crippen molar-refractivity contribution < 1.29 is 9.53 Å². The Labute approximate surface area is 109 Å². The van der Waals surface area contributed by atoms with Gasteiger partial charge in [0.1, 0.15) is 6.07 Å². The average molecular weight is 270 g/mol. The van der Waals surface area contributed by atoms with Gasteiger partial charge in [0.2, 0.25) is 0 Å². The number of ether oxygens (including phenoxy) is 1. The molecule has 0 atom stereocenters. The predicted octanol–water partition coefficient (Wildman–Crippen LogP) is 3.38. The minimum absolute atomic E-state index is 0.0580. The second-order valence-corrected chi connectivity index (χ2v) is 3.84. The lowest BCUT2D eigenvalue weighted by molar-refractivity contribution is -0.137. The van der Waals surface area contributed by atoms with Crippen molar-refractivity contribution in [2.45, 2.75) is 6.92 Å². The second kappa shape index (κ2) is 6.29. The number of carbonyl (C=O) groups excluding carboxylic acids is 1. The predicted molar refractivity (Wildman–Crippen MR) is 66.5 cm³/mol. The lowest BCUT2D eigenvalue weighted by Gasteiger charge is -2.04. The highest BCUT2D eigenvalue weighted by molar-refractivity contribution is 6.51. The minimum atomic E-state index is -0.727. The molecule has 3 nitrogen and oxygen atoms in total. The SMILES string of the molecule is CCOC(=O)C(C#N)=C(Cl)c1ccc(Cl)cc1. The van der Waals surface area contributed by atoms with E-state index in [1.54, 1.807) is 37.3 Å². The van der Waals surface area contributed by atoms with Crippen LogP contribution in [0.2, 0.25) is 5.02 Å². The smallest absolute Gasteiger partial charge is 0.350 e. The van der Waals surface area contributed by atoms with Crippen molar-refractivity contribution in [2.75, 3.05) is 6.61 Å². The van der Waals surface area contributed by atoms with Gasteiger partial charge in [-0.05, 0) is 24.6 Å². The molecule has 0 saturated heterocycles. The molecule has 0 aliphatic carbocycles. The fourth-order valence-corrected chi connectivity index (χ4v) is 1.50.